The standard InChI is InChI=1S/C17H13Cl2N3O2S/c1-10-2-4-11(5-3-10)16-21-17(24-22-16)25-9-15(23)20-12-6-7-13(18)14(19)8-12/h2-8H,9H2,1H3,(H,20,23). The topological polar surface area (TPSA) is 68.0 Å². The number of anilines is 1. The van der Waals surface area contributed by atoms with E-state index >= 15 is 0 Å². The number of thioether (sulfide) groups is 1. The molecule has 0 aliphatic carbocycles. The van der Waals surface area contributed by atoms with Crippen molar-refractivity contribution in [3.63, 3.8) is 0 Å². The largest absolute Gasteiger partial charge is 0.327 e. The van der Waals surface area contributed by atoms with Crippen molar-refractivity contribution < 1.29 is 9.32 Å². The Balaban J connectivity index is 1.57. The van der Waals surface area contributed by atoms with Crippen LogP contribution in [0.15, 0.2) is 52.2 Å². The van der Waals surface area contributed by atoms with Gasteiger partial charge in [0.15, 0.2) is 0 Å². The summed E-state index contributed by atoms with van der Waals surface area (Å²) in [7, 11) is 0. The second-order valence-corrected chi connectivity index (χ2v) is 6.96. The minimum absolute atomic E-state index is 0.135. The summed E-state index contributed by atoms with van der Waals surface area (Å²) in [5.41, 5.74) is 2.59. The average molecular weight is 394 g/mol. The fourth-order valence-corrected chi connectivity index (χ4v) is 2.85. The number of aryl methyl sites for hydroxylation is 1. The number of aromatic nitrogens is 2. The van der Waals surface area contributed by atoms with Crippen LogP contribution in [0.25, 0.3) is 11.4 Å². The molecule has 1 aromatic heterocycles. The number of nitrogens with one attached hydrogen (secondary N) is 1. The summed E-state index contributed by atoms with van der Waals surface area (Å²) in [5, 5.41) is 7.81. The molecule has 5 nitrogen and oxygen atoms in total. The predicted molar refractivity (Wildman–Crippen MR) is 100 cm³/mol. The third-order valence-corrected chi connectivity index (χ3v) is 4.81. The summed E-state index contributed by atoms with van der Waals surface area (Å²) in [5.74, 6) is 0.418. The lowest BCUT2D eigenvalue weighted by Gasteiger charge is -2.05. The summed E-state index contributed by atoms with van der Waals surface area (Å²) in [6.45, 7) is 2.01. The summed E-state index contributed by atoms with van der Waals surface area (Å²) >= 11 is 12.9. The van der Waals surface area contributed by atoms with Gasteiger partial charge in [0.1, 0.15) is 0 Å². The maximum Gasteiger partial charge on any atom is 0.286 e. The van der Waals surface area contributed by atoms with Crippen LogP contribution >= 0.6 is 35.0 Å². The number of nitrogens with zero attached hydrogens (tertiary/aromatic N) is 2. The summed E-state index contributed by atoms with van der Waals surface area (Å²) in [4.78, 5) is 16.3. The number of halogens is 2. The van der Waals surface area contributed by atoms with Crippen LogP contribution in [0.2, 0.25) is 10.0 Å². The smallest absolute Gasteiger partial charge is 0.286 e. The average Bonchev–Trinajstić information content (AvgIpc) is 3.06. The highest BCUT2D eigenvalue weighted by atomic mass is 35.5. The third-order valence-electron chi connectivity index (χ3n) is 3.25. The van der Waals surface area contributed by atoms with E-state index in [0.29, 0.717) is 26.8 Å². The maximum absolute atomic E-state index is 12.0. The van der Waals surface area contributed by atoms with Gasteiger partial charge in [-0.3, -0.25) is 4.79 Å². The predicted octanol–water partition coefficient (Wildman–Crippen LogP) is 5.08. The van der Waals surface area contributed by atoms with Crippen molar-refractivity contribution in [1.82, 2.24) is 10.1 Å². The van der Waals surface area contributed by atoms with Crippen LogP contribution < -0.4 is 5.32 Å². The molecule has 0 atom stereocenters. The summed E-state index contributed by atoms with van der Waals surface area (Å²) < 4.78 is 5.17. The van der Waals surface area contributed by atoms with E-state index in [9.17, 15) is 4.79 Å². The Morgan fingerprint density at radius 3 is 2.64 bits per heavy atom. The van der Waals surface area contributed by atoms with E-state index in [0.717, 1.165) is 22.9 Å². The molecule has 25 heavy (non-hydrogen) atoms. The Morgan fingerprint density at radius 1 is 1.16 bits per heavy atom. The fourth-order valence-electron chi connectivity index (χ4n) is 1.99. The Hall–Kier alpha value is -2.02. The van der Waals surface area contributed by atoms with Gasteiger partial charge in [0.25, 0.3) is 5.22 Å². The van der Waals surface area contributed by atoms with Gasteiger partial charge < -0.3 is 9.84 Å². The van der Waals surface area contributed by atoms with Crippen molar-refractivity contribution in [1.29, 1.82) is 0 Å². The number of hydrogen-bond donors (Lipinski definition) is 1. The van der Waals surface area contributed by atoms with Gasteiger partial charge in [0.2, 0.25) is 11.7 Å². The zero-order valence-electron chi connectivity index (χ0n) is 13.1. The Bertz CT molecular complexity index is 897. The molecule has 1 amide bonds. The summed E-state index contributed by atoms with van der Waals surface area (Å²) in [6.07, 6.45) is 0. The molecule has 2 aromatic carbocycles. The quantitative estimate of drug-likeness (QED) is 0.611. The van der Waals surface area contributed by atoms with Gasteiger partial charge in [0.05, 0.1) is 15.8 Å². The SMILES string of the molecule is Cc1ccc(-c2noc(SCC(=O)Nc3ccc(Cl)c(Cl)c3)n2)cc1. The van der Waals surface area contributed by atoms with Gasteiger partial charge in [-0.15, -0.1) is 0 Å². The van der Waals surface area contributed by atoms with E-state index in [-0.39, 0.29) is 11.7 Å². The molecule has 0 saturated carbocycles. The van der Waals surface area contributed by atoms with E-state index in [4.69, 9.17) is 27.7 Å². The van der Waals surface area contributed by atoms with Crippen LogP contribution in [0, 0.1) is 6.92 Å². The van der Waals surface area contributed by atoms with Crippen LogP contribution in [-0.4, -0.2) is 21.8 Å². The van der Waals surface area contributed by atoms with E-state index in [1.54, 1.807) is 18.2 Å². The van der Waals surface area contributed by atoms with Crippen molar-refractivity contribution in [2.45, 2.75) is 12.1 Å². The minimum atomic E-state index is -0.210. The number of rotatable bonds is 5. The lowest BCUT2D eigenvalue weighted by molar-refractivity contribution is -0.113. The Kier molecular flexibility index (Phi) is 5.63. The van der Waals surface area contributed by atoms with E-state index < -0.39 is 0 Å². The molecule has 0 unspecified atom stereocenters. The molecule has 1 heterocycles. The van der Waals surface area contributed by atoms with Crippen LogP contribution in [0.1, 0.15) is 5.56 Å². The molecular weight excluding hydrogens is 381 g/mol. The molecule has 0 aliphatic rings. The number of carbonyl (C=O) groups is 1. The lowest BCUT2D eigenvalue weighted by atomic mass is 10.1. The van der Waals surface area contributed by atoms with Gasteiger partial charge >= 0.3 is 0 Å². The second kappa shape index (κ2) is 7.91. The van der Waals surface area contributed by atoms with E-state index in [1.165, 1.54) is 0 Å². The molecule has 0 spiro atoms. The van der Waals surface area contributed by atoms with Crippen molar-refractivity contribution in [2.24, 2.45) is 0 Å². The first-order valence-corrected chi connectivity index (χ1v) is 9.04. The number of hydrogen-bond acceptors (Lipinski definition) is 5. The highest BCUT2D eigenvalue weighted by Crippen LogP contribution is 2.26. The molecule has 0 saturated heterocycles. The van der Waals surface area contributed by atoms with Crippen LogP contribution in [-0.2, 0) is 4.79 Å². The second-order valence-electron chi connectivity index (χ2n) is 5.22. The Morgan fingerprint density at radius 2 is 1.92 bits per heavy atom. The molecule has 8 heteroatoms. The van der Waals surface area contributed by atoms with Crippen molar-refractivity contribution in [2.75, 3.05) is 11.1 Å². The Labute approximate surface area is 158 Å². The molecule has 0 fully saturated rings. The fraction of sp³-hybridized carbons (Fsp3) is 0.118. The zero-order chi connectivity index (χ0) is 17.8. The van der Waals surface area contributed by atoms with Gasteiger partial charge in [-0.05, 0) is 25.1 Å². The first-order valence-electron chi connectivity index (χ1n) is 7.30. The van der Waals surface area contributed by atoms with Gasteiger partial charge in [-0.1, -0.05) is 69.9 Å². The normalized spacial score (nSPS) is 10.7. The van der Waals surface area contributed by atoms with Gasteiger partial charge in [-0.2, -0.15) is 4.98 Å². The van der Waals surface area contributed by atoms with Crippen LogP contribution in [0.5, 0.6) is 0 Å². The molecule has 0 aliphatic heterocycles. The zero-order valence-corrected chi connectivity index (χ0v) is 15.5. The molecule has 128 valence electrons. The molecule has 1 N–H and O–H groups in total. The van der Waals surface area contributed by atoms with Crippen molar-refractivity contribution >= 4 is 46.6 Å². The van der Waals surface area contributed by atoms with Gasteiger partial charge in [0, 0.05) is 11.3 Å². The monoisotopic (exact) mass is 393 g/mol. The van der Waals surface area contributed by atoms with E-state index in [1.807, 2.05) is 31.2 Å². The summed E-state index contributed by atoms with van der Waals surface area (Å²) in [6, 6.07) is 12.7. The maximum atomic E-state index is 12.0. The van der Waals surface area contributed by atoms with Crippen molar-refractivity contribution in [3.05, 3.63) is 58.1 Å². The molecule has 0 radical (unpaired) electrons. The number of carbonyl (C=O) groups excluding carboxylic acids is 1. The molecular formula is C17H13Cl2N3O2S. The highest BCUT2D eigenvalue weighted by molar-refractivity contribution is 7.99. The number of amides is 1. The van der Waals surface area contributed by atoms with Crippen LogP contribution in [0.3, 0.4) is 0 Å². The third kappa shape index (κ3) is 4.75. The minimum Gasteiger partial charge on any atom is -0.327 e. The molecule has 0 bridgehead atoms. The number of benzene rings is 2. The highest BCUT2D eigenvalue weighted by Gasteiger charge is 2.12. The molecule has 3 rings (SSSR count). The lowest BCUT2D eigenvalue weighted by Crippen LogP contribution is -2.13. The van der Waals surface area contributed by atoms with Crippen molar-refractivity contribution in [3.8, 4) is 11.4 Å². The first kappa shape index (κ1) is 17.8. The van der Waals surface area contributed by atoms with Gasteiger partial charge in [-0.25, -0.2) is 0 Å². The first-order chi connectivity index (χ1) is 12.0. The van der Waals surface area contributed by atoms with Crippen LogP contribution in [0.4, 0.5) is 5.69 Å². The van der Waals surface area contributed by atoms with E-state index in [2.05, 4.69) is 15.5 Å². The molecule has 3 aromatic rings.